The summed E-state index contributed by atoms with van der Waals surface area (Å²) in [6, 6.07) is 6.35. The molecule has 100 valence electrons. The lowest BCUT2D eigenvalue weighted by atomic mass is 10.2. The van der Waals surface area contributed by atoms with Gasteiger partial charge in [-0.25, -0.2) is 8.42 Å². The second-order valence-electron chi connectivity index (χ2n) is 4.31. The van der Waals surface area contributed by atoms with E-state index in [9.17, 15) is 8.42 Å². The van der Waals surface area contributed by atoms with Crippen molar-refractivity contribution in [3.63, 3.8) is 0 Å². The van der Waals surface area contributed by atoms with E-state index in [0.717, 1.165) is 11.1 Å². The van der Waals surface area contributed by atoms with E-state index in [0.29, 0.717) is 11.4 Å². The lowest BCUT2D eigenvalue weighted by molar-refractivity contribution is 0.601. The predicted molar refractivity (Wildman–Crippen MR) is 75.4 cm³/mol. The number of nitrogen functional groups attached to an aromatic ring is 1. The summed E-state index contributed by atoms with van der Waals surface area (Å²) in [6.07, 6.45) is 3.09. The molecule has 2 rings (SSSR count). The smallest absolute Gasteiger partial charge is 0.261 e. The Morgan fingerprint density at radius 1 is 1.16 bits per heavy atom. The topological polar surface area (TPSA) is 85.1 Å². The zero-order chi connectivity index (χ0) is 14.0. The van der Waals surface area contributed by atoms with Crippen LogP contribution in [0.25, 0.3) is 0 Å². The predicted octanol–water partition coefficient (Wildman–Crippen LogP) is 2.08. The van der Waals surface area contributed by atoms with Gasteiger partial charge in [-0.2, -0.15) is 0 Å². The second kappa shape index (κ2) is 4.89. The molecule has 0 unspecified atom stereocenters. The van der Waals surface area contributed by atoms with Crippen LogP contribution in [0.15, 0.2) is 41.6 Å². The van der Waals surface area contributed by atoms with Crippen LogP contribution in [0, 0.1) is 13.8 Å². The van der Waals surface area contributed by atoms with Crippen molar-refractivity contribution in [3.05, 3.63) is 47.8 Å². The average Bonchev–Trinajstić information content (AvgIpc) is 2.35. The Morgan fingerprint density at radius 3 is 2.53 bits per heavy atom. The Bertz CT molecular complexity index is 712. The molecule has 0 saturated carbocycles. The van der Waals surface area contributed by atoms with Gasteiger partial charge in [0.25, 0.3) is 10.0 Å². The van der Waals surface area contributed by atoms with Gasteiger partial charge in [-0.1, -0.05) is 0 Å². The van der Waals surface area contributed by atoms with Gasteiger partial charge in [0.2, 0.25) is 0 Å². The van der Waals surface area contributed by atoms with Crippen molar-refractivity contribution in [1.29, 1.82) is 0 Å². The Labute approximate surface area is 112 Å². The van der Waals surface area contributed by atoms with E-state index in [1.807, 2.05) is 6.92 Å². The summed E-state index contributed by atoms with van der Waals surface area (Å²) < 4.78 is 27.0. The SMILES string of the molecule is Cc1cc(S(=O)(=O)Nc2cnccc2C)ccc1N. The molecule has 0 atom stereocenters. The first-order valence-electron chi connectivity index (χ1n) is 5.70. The fourth-order valence-corrected chi connectivity index (χ4v) is 2.79. The summed E-state index contributed by atoms with van der Waals surface area (Å²) in [6.45, 7) is 3.58. The van der Waals surface area contributed by atoms with Crippen molar-refractivity contribution < 1.29 is 8.42 Å². The fraction of sp³-hybridized carbons (Fsp3) is 0.154. The van der Waals surface area contributed by atoms with E-state index in [1.165, 1.54) is 12.3 Å². The molecule has 0 bridgehead atoms. The van der Waals surface area contributed by atoms with Crippen LogP contribution in [0.5, 0.6) is 0 Å². The maximum atomic E-state index is 12.2. The van der Waals surface area contributed by atoms with Crippen LogP contribution in [0.1, 0.15) is 11.1 Å². The molecular formula is C13H15N3O2S. The first kappa shape index (κ1) is 13.4. The number of benzene rings is 1. The van der Waals surface area contributed by atoms with Crippen LogP contribution in [-0.4, -0.2) is 13.4 Å². The minimum absolute atomic E-state index is 0.183. The molecule has 2 aromatic rings. The number of aromatic nitrogens is 1. The first-order valence-corrected chi connectivity index (χ1v) is 7.18. The highest BCUT2D eigenvalue weighted by atomic mass is 32.2. The molecule has 1 aromatic carbocycles. The zero-order valence-corrected chi connectivity index (χ0v) is 11.5. The molecule has 0 saturated heterocycles. The Kier molecular flexibility index (Phi) is 3.44. The molecule has 0 amide bonds. The Morgan fingerprint density at radius 2 is 1.89 bits per heavy atom. The van der Waals surface area contributed by atoms with Crippen molar-refractivity contribution in [2.75, 3.05) is 10.5 Å². The number of sulfonamides is 1. The van der Waals surface area contributed by atoms with Gasteiger partial charge in [0.1, 0.15) is 0 Å². The maximum Gasteiger partial charge on any atom is 0.261 e. The number of anilines is 2. The summed E-state index contributed by atoms with van der Waals surface area (Å²) in [4.78, 5) is 4.09. The summed E-state index contributed by atoms with van der Waals surface area (Å²) in [7, 11) is -3.62. The minimum Gasteiger partial charge on any atom is -0.399 e. The standard InChI is InChI=1S/C13H15N3O2S/c1-9-5-6-15-8-13(9)16-19(17,18)11-3-4-12(14)10(2)7-11/h3-8,16H,14H2,1-2H3. The highest BCUT2D eigenvalue weighted by Crippen LogP contribution is 2.21. The van der Waals surface area contributed by atoms with E-state index < -0.39 is 10.0 Å². The molecule has 0 radical (unpaired) electrons. The zero-order valence-electron chi connectivity index (χ0n) is 10.7. The molecule has 0 aliphatic rings. The number of hydrogen-bond acceptors (Lipinski definition) is 4. The van der Waals surface area contributed by atoms with Crippen molar-refractivity contribution in [2.24, 2.45) is 0 Å². The summed E-state index contributed by atoms with van der Waals surface area (Å²) in [5.41, 5.74) is 8.26. The second-order valence-corrected chi connectivity index (χ2v) is 6.00. The molecular weight excluding hydrogens is 262 g/mol. The summed E-state index contributed by atoms with van der Waals surface area (Å²) in [5, 5.41) is 0. The monoisotopic (exact) mass is 277 g/mol. The van der Waals surface area contributed by atoms with Crippen LogP contribution in [0.4, 0.5) is 11.4 Å². The number of nitrogens with zero attached hydrogens (tertiary/aromatic N) is 1. The number of rotatable bonds is 3. The minimum atomic E-state index is -3.62. The maximum absolute atomic E-state index is 12.2. The van der Waals surface area contributed by atoms with E-state index in [1.54, 1.807) is 31.3 Å². The van der Waals surface area contributed by atoms with Crippen molar-refractivity contribution >= 4 is 21.4 Å². The van der Waals surface area contributed by atoms with Crippen LogP contribution >= 0.6 is 0 Å². The average molecular weight is 277 g/mol. The lowest BCUT2D eigenvalue weighted by Crippen LogP contribution is -2.14. The van der Waals surface area contributed by atoms with Gasteiger partial charge in [0, 0.05) is 11.9 Å². The third-order valence-electron chi connectivity index (χ3n) is 2.83. The molecule has 5 nitrogen and oxygen atoms in total. The fourth-order valence-electron chi connectivity index (χ4n) is 1.59. The van der Waals surface area contributed by atoms with Crippen molar-refractivity contribution in [2.45, 2.75) is 18.7 Å². The van der Waals surface area contributed by atoms with Crippen molar-refractivity contribution in [1.82, 2.24) is 4.98 Å². The molecule has 6 heteroatoms. The largest absolute Gasteiger partial charge is 0.399 e. The molecule has 3 N–H and O–H groups in total. The summed E-state index contributed by atoms with van der Waals surface area (Å²) >= 11 is 0. The Balaban J connectivity index is 2.38. The van der Waals surface area contributed by atoms with Gasteiger partial charge in [0.15, 0.2) is 0 Å². The molecule has 1 heterocycles. The normalized spacial score (nSPS) is 11.3. The van der Waals surface area contributed by atoms with Crippen LogP contribution in [0.3, 0.4) is 0 Å². The summed E-state index contributed by atoms with van der Waals surface area (Å²) in [5.74, 6) is 0. The lowest BCUT2D eigenvalue weighted by Gasteiger charge is -2.11. The highest BCUT2D eigenvalue weighted by Gasteiger charge is 2.15. The van der Waals surface area contributed by atoms with Crippen LogP contribution in [-0.2, 0) is 10.0 Å². The quantitative estimate of drug-likeness (QED) is 0.841. The molecule has 0 fully saturated rings. The molecule has 0 aliphatic carbocycles. The number of pyridine rings is 1. The third kappa shape index (κ3) is 2.85. The van der Waals surface area contributed by atoms with Gasteiger partial charge in [0.05, 0.1) is 16.8 Å². The van der Waals surface area contributed by atoms with E-state index in [2.05, 4.69) is 9.71 Å². The highest BCUT2D eigenvalue weighted by molar-refractivity contribution is 7.92. The van der Waals surface area contributed by atoms with Gasteiger partial charge in [-0.3, -0.25) is 9.71 Å². The molecule has 0 aliphatic heterocycles. The van der Waals surface area contributed by atoms with Crippen LogP contribution < -0.4 is 10.5 Å². The van der Waals surface area contributed by atoms with Crippen LogP contribution in [0.2, 0.25) is 0 Å². The van der Waals surface area contributed by atoms with Gasteiger partial charge >= 0.3 is 0 Å². The third-order valence-corrected chi connectivity index (χ3v) is 4.20. The van der Waals surface area contributed by atoms with Gasteiger partial charge < -0.3 is 5.73 Å². The van der Waals surface area contributed by atoms with E-state index in [-0.39, 0.29) is 4.90 Å². The van der Waals surface area contributed by atoms with Crippen molar-refractivity contribution in [3.8, 4) is 0 Å². The molecule has 19 heavy (non-hydrogen) atoms. The van der Waals surface area contributed by atoms with E-state index in [4.69, 9.17) is 5.73 Å². The van der Waals surface area contributed by atoms with E-state index >= 15 is 0 Å². The molecule has 1 aromatic heterocycles. The number of hydrogen-bond donors (Lipinski definition) is 2. The van der Waals surface area contributed by atoms with Gasteiger partial charge in [-0.05, 0) is 49.2 Å². The number of nitrogens with one attached hydrogen (secondary N) is 1. The first-order chi connectivity index (χ1) is 8.90. The number of nitrogens with two attached hydrogens (primary N) is 1. The molecule has 0 spiro atoms. The van der Waals surface area contributed by atoms with Gasteiger partial charge in [-0.15, -0.1) is 0 Å². The number of aryl methyl sites for hydroxylation is 2. The Hall–Kier alpha value is -2.08.